The number of carbonyl (C=O) groups is 1. The summed E-state index contributed by atoms with van der Waals surface area (Å²) in [5.74, 6) is -0.0851. The van der Waals surface area contributed by atoms with Crippen LogP contribution in [0.15, 0.2) is 21.0 Å². The van der Waals surface area contributed by atoms with Gasteiger partial charge in [-0.15, -0.1) is 11.3 Å². The molecule has 1 N–H and O–H groups in total. The number of hydrazone groups is 1. The molecule has 1 aromatic rings. The molecule has 0 saturated heterocycles. The van der Waals surface area contributed by atoms with Crippen LogP contribution in [0.2, 0.25) is 0 Å². The van der Waals surface area contributed by atoms with Crippen molar-refractivity contribution in [2.75, 3.05) is 0 Å². The van der Waals surface area contributed by atoms with Gasteiger partial charge in [-0.2, -0.15) is 5.10 Å². The molecule has 2 rings (SSSR count). The van der Waals surface area contributed by atoms with Crippen LogP contribution in [0, 0.1) is 5.41 Å². The van der Waals surface area contributed by atoms with Crippen LogP contribution in [0.3, 0.4) is 0 Å². The molecule has 1 atom stereocenters. The maximum Gasteiger partial charge on any atom is 0.248 e. The molecule has 1 heterocycles. The van der Waals surface area contributed by atoms with Gasteiger partial charge < -0.3 is 0 Å². The molecule has 3 nitrogen and oxygen atoms in total. The number of carbonyl (C=O) groups excluding carboxylic acids is 1. The zero-order valence-electron chi connectivity index (χ0n) is 8.84. The van der Waals surface area contributed by atoms with Crippen molar-refractivity contribution in [3.05, 3.63) is 20.8 Å². The lowest BCUT2D eigenvalue weighted by atomic mass is 10.1. The standard InChI is InChI=1S/C10H9Br3N2OS/c1-9(5-10(9,12)13)8(16)15-14-4-6-2-3-7(11)17-6/h2-4H,5H2,1H3,(H,15,16)/b14-4+. The van der Waals surface area contributed by atoms with Crippen LogP contribution in [0.1, 0.15) is 18.2 Å². The summed E-state index contributed by atoms with van der Waals surface area (Å²) in [4.78, 5) is 12.8. The topological polar surface area (TPSA) is 41.5 Å². The van der Waals surface area contributed by atoms with Gasteiger partial charge in [0.15, 0.2) is 0 Å². The van der Waals surface area contributed by atoms with Crippen LogP contribution in [-0.4, -0.2) is 15.4 Å². The van der Waals surface area contributed by atoms with E-state index in [1.54, 1.807) is 17.6 Å². The van der Waals surface area contributed by atoms with Gasteiger partial charge in [0.25, 0.3) is 0 Å². The second-order valence-electron chi connectivity index (χ2n) is 4.05. The fraction of sp³-hybridized carbons (Fsp3) is 0.400. The first-order valence-corrected chi connectivity index (χ1v) is 8.01. The third-order valence-corrected chi connectivity index (χ3v) is 6.58. The number of nitrogens with zero attached hydrogens (tertiary/aromatic N) is 1. The van der Waals surface area contributed by atoms with Gasteiger partial charge in [0.05, 0.1) is 18.6 Å². The molecular weight excluding hydrogens is 436 g/mol. The van der Waals surface area contributed by atoms with Gasteiger partial charge in [0.2, 0.25) is 5.91 Å². The van der Waals surface area contributed by atoms with Crippen LogP contribution < -0.4 is 5.43 Å². The number of halogens is 3. The molecule has 1 unspecified atom stereocenters. The Kier molecular flexibility index (Phi) is 3.83. The van der Waals surface area contributed by atoms with Crippen LogP contribution in [0.25, 0.3) is 0 Å². The molecule has 1 aromatic heterocycles. The zero-order chi connectivity index (χ0) is 12.7. The van der Waals surface area contributed by atoms with E-state index in [4.69, 9.17) is 0 Å². The average Bonchev–Trinajstić information content (AvgIpc) is 2.58. The summed E-state index contributed by atoms with van der Waals surface area (Å²) in [7, 11) is 0. The molecule has 1 aliphatic carbocycles. The first-order chi connectivity index (χ1) is 7.85. The minimum Gasteiger partial charge on any atom is -0.272 e. The van der Waals surface area contributed by atoms with Crippen molar-refractivity contribution in [2.45, 2.75) is 16.6 Å². The normalized spacial score (nSPS) is 26.1. The maximum absolute atomic E-state index is 11.8. The van der Waals surface area contributed by atoms with Crippen molar-refractivity contribution in [2.24, 2.45) is 10.5 Å². The van der Waals surface area contributed by atoms with E-state index in [1.807, 2.05) is 19.1 Å². The molecule has 1 saturated carbocycles. The lowest BCUT2D eigenvalue weighted by molar-refractivity contribution is -0.125. The quantitative estimate of drug-likeness (QED) is 0.429. The van der Waals surface area contributed by atoms with E-state index >= 15 is 0 Å². The smallest absolute Gasteiger partial charge is 0.248 e. The van der Waals surface area contributed by atoms with Gasteiger partial charge in [-0.05, 0) is 41.4 Å². The number of nitrogens with one attached hydrogen (secondary N) is 1. The Bertz CT molecular complexity index is 486. The number of hydrogen-bond acceptors (Lipinski definition) is 3. The second kappa shape index (κ2) is 4.75. The van der Waals surface area contributed by atoms with E-state index < -0.39 is 5.41 Å². The average molecular weight is 445 g/mol. The van der Waals surface area contributed by atoms with Crippen molar-refractivity contribution in [1.29, 1.82) is 0 Å². The third-order valence-electron chi connectivity index (χ3n) is 2.71. The molecule has 1 aliphatic rings. The monoisotopic (exact) mass is 442 g/mol. The molecule has 0 spiro atoms. The number of hydrogen-bond donors (Lipinski definition) is 1. The third kappa shape index (κ3) is 2.83. The molecule has 1 amide bonds. The van der Waals surface area contributed by atoms with Crippen molar-refractivity contribution in [1.82, 2.24) is 5.43 Å². The van der Waals surface area contributed by atoms with E-state index in [0.717, 1.165) is 15.1 Å². The van der Waals surface area contributed by atoms with Crippen molar-refractivity contribution >= 4 is 71.2 Å². The molecule has 0 aromatic carbocycles. The first kappa shape index (κ1) is 13.7. The van der Waals surface area contributed by atoms with Crippen LogP contribution in [-0.2, 0) is 4.79 Å². The summed E-state index contributed by atoms with van der Waals surface area (Å²) < 4.78 is 0.762. The summed E-state index contributed by atoms with van der Waals surface area (Å²) in [6.45, 7) is 1.89. The number of rotatable bonds is 3. The van der Waals surface area contributed by atoms with Gasteiger partial charge in [-0.3, -0.25) is 4.79 Å². The second-order valence-corrected chi connectivity index (χ2v) is 10.3. The van der Waals surface area contributed by atoms with Crippen molar-refractivity contribution in [3.8, 4) is 0 Å². The summed E-state index contributed by atoms with van der Waals surface area (Å²) in [5.41, 5.74) is 2.13. The number of amides is 1. The fourth-order valence-electron chi connectivity index (χ4n) is 1.32. The highest BCUT2D eigenvalue weighted by Gasteiger charge is 2.66. The summed E-state index contributed by atoms with van der Waals surface area (Å²) in [6, 6.07) is 3.88. The van der Waals surface area contributed by atoms with E-state index in [-0.39, 0.29) is 9.14 Å². The predicted octanol–water partition coefficient (Wildman–Crippen LogP) is 3.86. The minimum absolute atomic E-state index is 0.0851. The summed E-state index contributed by atoms with van der Waals surface area (Å²) >= 11 is 11.8. The van der Waals surface area contributed by atoms with E-state index in [2.05, 4.69) is 58.3 Å². The highest BCUT2D eigenvalue weighted by atomic mass is 79.9. The molecule has 0 aliphatic heterocycles. The van der Waals surface area contributed by atoms with Gasteiger partial charge in [-0.25, -0.2) is 5.43 Å². The molecule has 92 valence electrons. The number of thiophene rings is 1. The highest BCUT2D eigenvalue weighted by molar-refractivity contribution is 9.25. The molecule has 7 heteroatoms. The Hall–Kier alpha value is 0.280. The fourth-order valence-corrected chi connectivity index (χ4v) is 4.10. The maximum atomic E-state index is 11.8. The zero-order valence-corrected chi connectivity index (χ0v) is 14.4. The first-order valence-electron chi connectivity index (χ1n) is 4.82. The van der Waals surface area contributed by atoms with Crippen molar-refractivity contribution in [3.63, 3.8) is 0 Å². The number of alkyl halides is 2. The minimum atomic E-state index is -0.430. The van der Waals surface area contributed by atoms with Crippen molar-refractivity contribution < 1.29 is 4.79 Å². The van der Waals surface area contributed by atoms with Gasteiger partial charge in [-0.1, -0.05) is 31.9 Å². The molecular formula is C10H9Br3N2OS. The summed E-state index contributed by atoms with van der Waals surface area (Å²) in [5, 5.41) is 3.95. The van der Waals surface area contributed by atoms with Crippen LogP contribution >= 0.6 is 59.1 Å². The van der Waals surface area contributed by atoms with E-state index in [9.17, 15) is 4.79 Å². The lowest BCUT2D eigenvalue weighted by Crippen LogP contribution is -2.29. The van der Waals surface area contributed by atoms with Gasteiger partial charge in [0.1, 0.15) is 0 Å². The Morgan fingerprint density at radius 2 is 2.24 bits per heavy atom. The molecule has 0 bridgehead atoms. The lowest BCUT2D eigenvalue weighted by Gasteiger charge is -2.09. The SMILES string of the molecule is CC1(C(=O)N/N=C/c2ccc(Br)s2)CC1(Br)Br. The highest BCUT2D eigenvalue weighted by Crippen LogP contribution is 2.66. The van der Waals surface area contributed by atoms with Gasteiger partial charge in [0, 0.05) is 4.88 Å². The van der Waals surface area contributed by atoms with Crippen LogP contribution in [0.4, 0.5) is 0 Å². The molecule has 0 radical (unpaired) electrons. The predicted molar refractivity (Wildman–Crippen MR) is 81.1 cm³/mol. The van der Waals surface area contributed by atoms with Crippen LogP contribution in [0.5, 0.6) is 0 Å². The summed E-state index contributed by atoms with van der Waals surface area (Å²) in [6.07, 6.45) is 2.40. The largest absolute Gasteiger partial charge is 0.272 e. The Balaban J connectivity index is 1.91. The van der Waals surface area contributed by atoms with E-state index in [0.29, 0.717) is 0 Å². The Labute approximate surface area is 128 Å². The van der Waals surface area contributed by atoms with E-state index in [1.165, 1.54) is 0 Å². The van der Waals surface area contributed by atoms with Gasteiger partial charge >= 0.3 is 0 Å². The molecule has 1 fully saturated rings. The Morgan fingerprint density at radius 3 is 2.71 bits per heavy atom. The Morgan fingerprint density at radius 1 is 1.59 bits per heavy atom. The molecule has 17 heavy (non-hydrogen) atoms.